The van der Waals surface area contributed by atoms with E-state index in [1.54, 1.807) is 30.0 Å². The molecule has 0 bridgehead atoms. The molecule has 0 spiro atoms. The molecule has 5 heteroatoms. The second-order valence-electron chi connectivity index (χ2n) is 4.31. The lowest BCUT2D eigenvalue weighted by Gasteiger charge is -2.19. The molecule has 1 aromatic heterocycles. The van der Waals surface area contributed by atoms with Gasteiger partial charge < -0.3 is 9.64 Å². The fraction of sp³-hybridized carbons (Fsp3) is 0.188. The van der Waals surface area contributed by atoms with E-state index < -0.39 is 5.97 Å². The van der Waals surface area contributed by atoms with Crippen molar-refractivity contribution in [2.24, 2.45) is 0 Å². The Morgan fingerprint density at radius 2 is 2.10 bits per heavy atom. The molecule has 0 saturated carbocycles. The van der Waals surface area contributed by atoms with Gasteiger partial charge in [0, 0.05) is 13.2 Å². The molecule has 21 heavy (non-hydrogen) atoms. The number of carbonyl (C=O) groups excluding carboxylic acids is 1. The van der Waals surface area contributed by atoms with Gasteiger partial charge in [0.15, 0.2) is 0 Å². The summed E-state index contributed by atoms with van der Waals surface area (Å²) in [5, 5.41) is 9.13. The summed E-state index contributed by atoms with van der Waals surface area (Å²) in [4.78, 5) is 17.6. The molecule has 2 rings (SSSR count). The SMILES string of the molecule is CCOC(=O)c1ccc(N(C)c2ccccc2C#N)nc1. The van der Waals surface area contributed by atoms with Gasteiger partial charge in [-0.05, 0) is 31.2 Å². The number of rotatable bonds is 4. The van der Waals surface area contributed by atoms with Crippen molar-refractivity contribution in [3.63, 3.8) is 0 Å². The molecule has 0 amide bonds. The summed E-state index contributed by atoms with van der Waals surface area (Å²) in [6.45, 7) is 2.09. The Balaban J connectivity index is 2.26. The number of hydrogen-bond acceptors (Lipinski definition) is 5. The lowest BCUT2D eigenvalue weighted by atomic mass is 10.2. The van der Waals surface area contributed by atoms with Crippen LogP contribution in [0.25, 0.3) is 0 Å². The van der Waals surface area contributed by atoms with Gasteiger partial charge in [-0.3, -0.25) is 0 Å². The van der Waals surface area contributed by atoms with Crippen LogP contribution in [-0.2, 0) is 4.74 Å². The first-order valence-electron chi connectivity index (χ1n) is 6.53. The zero-order valence-electron chi connectivity index (χ0n) is 11.9. The Labute approximate surface area is 123 Å². The third-order valence-electron chi connectivity index (χ3n) is 2.99. The average molecular weight is 281 g/mol. The van der Waals surface area contributed by atoms with Crippen molar-refractivity contribution >= 4 is 17.5 Å². The van der Waals surface area contributed by atoms with E-state index in [0.29, 0.717) is 23.6 Å². The minimum atomic E-state index is -0.392. The maximum absolute atomic E-state index is 11.6. The van der Waals surface area contributed by atoms with Crippen molar-refractivity contribution in [2.75, 3.05) is 18.6 Å². The number of benzene rings is 1. The predicted molar refractivity (Wildman–Crippen MR) is 79.4 cm³/mol. The molecule has 0 aliphatic carbocycles. The van der Waals surface area contributed by atoms with Crippen molar-refractivity contribution in [1.82, 2.24) is 4.98 Å². The number of aromatic nitrogens is 1. The van der Waals surface area contributed by atoms with Crippen LogP contribution in [0.4, 0.5) is 11.5 Å². The van der Waals surface area contributed by atoms with Gasteiger partial charge in [0.25, 0.3) is 0 Å². The number of esters is 1. The van der Waals surface area contributed by atoms with Gasteiger partial charge in [0.05, 0.1) is 23.4 Å². The third kappa shape index (κ3) is 3.18. The van der Waals surface area contributed by atoms with Crippen molar-refractivity contribution in [2.45, 2.75) is 6.92 Å². The van der Waals surface area contributed by atoms with Crippen LogP contribution >= 0.6 is 0 Å². The van der Waals surface area contributed by atoms with Crippen molar-refractivity contribution < 1.29 is 9.53 Å². The van der Waals surface area contributed by atoms with Crippen LogP contribution in [0, 0.1) is 11.3 Å². The van der Waals surface area contributed by atoms with E-state index in [0.717, 1.165) is 5.69 Å². The molecule has 0 aliphatic rings. The second-order valence-corrected chi connectivity index (χ2v) is 4.31. The van der Waals surface area contributed by atoms with Gasteiger partial charge in [-0.2, -0.15) is 5.26 Å². The third-order valence-corrected chi connectivity index (χ3v) is 2.99. The number of para-hydroxylation sites is 1. The highest BCUT2D eigenvalue weighted by Gasteiger charge is 2.11. The van der Waals surface area contributed by atoms with Crippen LogP contribution < -0.4 is 4.90 Å². The molecule has 2 aromatic rings. The van der Waals surface area contributed by atoms with Crippen molar-refractivity contribution in [3.8, 4) is 6.07 Å². The maximum atomic E-state index is 11.6. The normalized spacial score (nSPS) is 9.76. The minimum absolute atomic E-state index is 0.329. The van der Waals surface area contributed by atoms with E-state index >= 15 is 0 Å². The number of anilines is 2. The van der Waals surface area contributed by atoms with Crippen LogP contribution in [-0.4, -0.2) is 24.6 Å². The minimum Gasteiger partial charge on any atom is -0.462 e. The Bertz CT molecular complexity index is 675. The summed E-state index contributed by atoms with van der Waals surface area (Å²) in [5.41, 5.74) is 1.73. The monoisotopic (exact) mass is 281 g/mol. The summed E-state index contributed by atoms with van der Waals surface area (Å²) in [7, 11) is 1.82. The Hall–Kier alpha value is -2.87. The number of ether oxygens (including phenoxy) is 1. The zero-order chi connectivity index (χ0) is 15.2. The summed E-state index contributed by atoms with van der Waals surface area (Å²) in [6.07, 6.45) is 1.47. The number of nitriles is 1. The molecule has 0 aliphatic heterocycles. The highest BCUT2D eigenvalue weighted by atomic mass is 16.5. The van der Waals surface area contributed by atoms with E-state index in [4.69, 9.17) is 10.00 Å². The Kier molecular flexibility index (Phi) is 4.52. The quantitative estimate of drug-likeness (QED) is 0.806. The lowest BCUT2D eigenvalue weighted by molar-refractivity contribution is 0.0526. The average Bonchev–Trinajstić information content (AvgIpc) is 2.54. The zero-order valence-corrected chi connectivity index (χ0v) is 11.9. The molecule has 0 saturated heterocycles. The van der Waals surface area contributed by atoms with Gasteiger partial charge in [0.1, 0.15) is 11.9 Å². The number of nitrogens with zero attached hydrogens (tertiary/aromatic N) is 3. The van der Waals surface area contributed by atoms with Gasteiger partial charge >= 0.3 is 5.97 Å². The first kappa shape index (κ1) is 14.5. The van der Waals surface area contributed by atoms with E-state index in [9.17, 15) is 4.79 Å². The molecule has 0 unspecified atom stereocenters. The summed E-state index contributed by atoms with van der Waals surface area (Å²) in [5.74, 6) is 0.252. The van der Waals surface area contributed by atoms with Crippen molar-refractivity contribution in [3.05, 3.63) is 53.7 Å². The standard InChI is InChI=1S/C16H15N3O2/c1-3-21-16(20)13-8-9-15(18-11-13)19(2)14-7-5-4-6-12(14)10-17/h4-9,11H,3H2,1-2H3. The maximum Gasteiger partial charge on any atom is 0.339 e. The van der Waals surface area contributed by atoms with Crippen LogP contribution in [0.5, 0.6) is 0 Å². The molecular formula is C16H15N3O2. The molecule has 5 nitrogen and oxygen atoms in total. The Morgan fingerprint density at radius 1 is 1.33 bits per heavy atom. The number of hydrogen-bond donors (Lipinski definition) is 0. The highest BCUT2D eigenvalue weighted by Crippen LogP contribution is 2.25. The summed E-state index contributed by atoms with van der Waals surface area (Å²) < 4.78 is 4.91. The number of pyridine rings is 1. The number of carbonyl (C=O) groups is 1. The summed E-state index contributed by atoms with van der Waals surface area (Å²) in [6, 6.07) is 12.8. The van der Waals surface area contributed by atoms with E-state index in [1.807, 2.05) is 25.2 Å². The van der Waals surface area contributed by atoms with E-state index in [-0.39, 0.29) is 0 Å². The fourth-order valence-corrected chi connectivity index (χ4v) is 1.90. The largest absolute Gasteiger partial charge is 0.462 e. The molecule has 106 valence electrons. The Morgan fingerprint density at radius 3 is 2.71 bits per heavy atom. The van der Waals surface area contributed by atoms with Crippen LogP contribution in [0.3, 0.4) is 0 Å². The van der Waals surface area contributed by atoms with Gasteiger partial charge in [-0.25, -0.2) is 9.78 Å². The molecular weight excluding hydrogens is 266 g/mol. The van der Waals surface area contributed by atoms with Crippen LogP contribution in [0.2, 0.25) is 0 Å². The first-order valence-corrected chi connectivity index (χ1v) is 6.53. The first-order chi connectivity index (χ1) is 10.2. The topological polar surface area (TPSA) is 66.2 Å². The summed E-state index contributed by atoms with van der Waals surface area (Å²) >= 11 is 0. The molecule has 0 radical (unpaired) electrons. The lowest BCUT2D eigenvalue weighted by Crippen LogP contribution is -2.13. The van der Waals surface area contributed by atoms with E-state index in [1.165, 1.54) is 6.20 Å². The van der Waals surface area contributed by atoms with Gasteiger partial charge in [-0.1, -0.05) is 12.1 Å². The van der Waals surface area contributed by atoms with Crippen LogP contribution in [0.1, 0.15) is 22.8 Å². The molecule has 1 aromatic carbocycles. The van der Waals surface area contributed by atoms with E-state index in [2.05, 4.69) is 11.1 Å². The fourth-order valence-electron chi connectivity index (χ4n) is 1.90. The molecule has 0 atom stereocenters. The predicted octanol–water partition coefficient (Wildman–Crippen LogP) is 2.90. The van der Waals surface area contributed by atoms with Crippen molar-refractivity contribution in [1.29, 1.82) is 5.26 Å². The smallest absolute Gasteiger partial charge is 0.339 e. The van der Waals surface area contributed by atoms with Gasteiger partial charge in [0.2, 0.25) is 0 Å². The molecule has 0 N–H and O–H groups in total. The van der Waals surface area contributed by atoms with Gasteiger partial charge in [-0.15, -0.1) is 0 Å². The van der Waals surface area contributed by atoms with Crippen LogP contribution in [0.15, 0.2) is 42.6 Å². The highest BCUT2D eigenvalue weighted by molar-refractivity contribution is 5.89. The molecule has 0 fully saturated rings. The second kappa shape index (κ2) is 6.53. The molecule has 1 heterocycles.